The first-order valence-electron chi connectivity index (χ1n) is 21.7. The molecule has 0 aromatic carbocycles. The summed E-state index contributed by atoms with van der Waals surface area (Å²) in [7, 11) is 0. The molecule has 0 radical (unpaired) electrons. The molecule has 2 fully saturated rings. The molecule has 4 unspecified atom stereocenters. The minimum Gasteiger partial charge on any atom is -0.481 e. The maximum Gasteiger partial charge on any atom is 0.338 e. The normalized spacial score (nSPS) is 28.9. The monoisotopic (exact) mass is 920 g/mol. The second-order valence-electron chi connectivity index (χ2n) is 17.1. The molecule has 8 bridgehead atoms. The van der Waals surface area contributed by atoms with Crippen LogP contribution >= 0.6 is 0 Å². The number of aromatic nitrogens is 4. The molecule has 20 heteroatoms. The predicted molar refractivity (Wildman–Crippen MR) is 234 cm³/mol. The second kappa shape index (κ2) is 19.4. The summed E-state index contributed by atoms with van der Waals surface area (Å²) >= 11 is 0. The van der Waals surface area contributed by atoms with Crippen molar-refractivity contribution in [3.8, 4) is 0 Å². The Morgan fingerprint density at radius 2 is 1.53 bits per heavy atom. The van der Waals surface area contributed by atoms with Gasteiger partial charge in [-0.25, -0.2) is 9.78 Å². The lowest BCUT2D eigenvalue weighted by molar-refractivity contribution is -0.355. The van der Waals surface area contributed by atoms with Crippen LogP contribution in [0.1, 0.15) is 96.0 Å². The standard InChI is InChI=1S/C46H56N4O16/c1-7-21-17(3)25-12-27-19(5)23(9-10-34(54)63-16-32-38(55)40(57)41(58)46(65-32)66-43-39(56)31(15-51)64-45(62)42(43)59)36(49-27)24(11-33(52)53)37-35(44(60)61)20(6)28(50-37)14-30-22(8-2)18(4)26(48-30)13-29(21)47-25/h7,12-14,19,23,31-32,38-43,45-48,51,55-59,62H,1,8-11,15-16H2,2-6H3,(H,52,53)(H,60,61)/t19-,23-,31?,32?,38+,39+,40+,41?,42?,43+,45+,46-/m0/s1. The maximum atomic E-state index is 13.5. The topological polar surface area (TPSA) is 328 Å². The Labute approximate surface area is 377 Å². The number of aliphatic hydroxyl groups is 7. The lowest BCUT2D eigenvalue weighted by Gasteiger charge is -2.45. The first kappa shape index (κ1) is 48.5. The third kappa shape index (κ3) is 9.05. The third-order valence-corrected chi connectivity index (χ3v) is 13.1. The van der Waals surface area contributed by atoms with E-state index in [-0.39, 0.29) is 35.4 Å². The van der Waals surface area contributed by atoms with Gasteiger partial charge in [-0.05, 0) is 74.1 Å². The molecular formula is C46H56N4O16. The fourth-order valence-corrected chi connectivity index (χ4v) is 9.32. The van der Waals surface area contributed by atoms with Crippen molar-refractivity contribution in [1.29, 1.82) is 0 Å². The Morgan fingerprint density at radius 1 is 0.833 bits per heavy atom. The fraction of sp³-hybridized carbons (Fsp3) is 0.500. The van der Waals surface area contributed by atoms with E-state index in [4.69, 9.17) is 28.9 Å². The Morgan fingerprint density at radius 3 is 2.18 bits per heavy atom. The number of aromatic amines is 2. The summed E-state index contributed by atoms with van der Waals surface area (Å²) in [6.45, 7) is 12.0. The first-order chi connectivity index (χ1) is 31.3. The third-order valence-electron chi connectivity index (χ3n) is 13.1. The molecule has 20 nitrogen and oxygen atoms in total. The maximum absolute atomic E-state index is 13.5. The summed E-state index contributed by atoms with van der Waals surface area (Å²) < 4.78 is 21.6. The number of ether oxygens (including phenoxy) is 4. The number of nitrogens with one attached hydrogen (secondary N) is 2. The Hall–Kier alpha value is -5.39. The minimum absolute atomic E-state index is 0.0140. The van der Waals surface area contributed by atoms with Crippen molar-refractivity contribution in [3.05, 3.63) is 75.4 Å². The van der Waals surface area contributed by atoms with Gasteiger partial charge >= 0.3 is 17.9 Å². The summed E-state index contributed by atoms with van der Waals surface area (Å²) in [6.07, 6.45) is -16.2. The van der Waals surface area contributed by atoms with E-state index in [1.807, 2.05) is 39.8 Å². The van der Waals surface area contributed by atoms with E-state index in [1.54, 1.807) is 19.1 Å². The number of carboxylic acid groups (broad SMARTS) is 2. The molecular weight excluding hydrogens is 865 g/mol. The van der Waals surface area contributed by atoms with Gasteiger partial charge in [0.05, 0.1) is 35.7 Å². The number of aliphatic carboxylic acids is 2. The molecule has 4 aliphatic rings. The molecule has 66 heavy (non-hydrogen) atoms. The predicted octanol–water partition coefficient (Wildman–Crippen LogP) is 1.61. The van der Waals surface area contributed by atoms with Gasteiger partial charge in [-0.3, -0.25) is 14.6 Å². The van der Waals surface area contributed by atoms with Gasteiger partial charge in [0.25, 0.3) is 0 Å². The van der Waals surface area contributed by atoms with Crippen LogP contribution in [0.3, 0.4) is 0 Å². The van der Waals surface area contributed by atoms with Gasteiger partial charge < -0.3 is 74.9 Å². The van der Waals surface area contributed by atoms with E-state index in [0.717, 1.165) is 33.3 Å². The number of H-pyrrole nitrogens is 2. The van der Waals surface area contributed by atoms with Crippen LogP contribution in [0, 0.1) is 13.8 Å². The molecule has 0 aliphatic carbocycles. The minimum atomic E-state index is -1.94. The number of fused-ring (bicyclic) bond motifs is 8. The Bertz CT molecular complexity index is 2600. The SMILES string of the molecule is C=Cc1c(C)c2cc3nc(c(CC(=O)O)c4nc(cc5[nH]c(cc1[nH]2)c(C)c5CC)C(C)=C4C(=O)O)[C@@H](CCC(=O)OCC1O[C@@H](O[C@H]2C(O)[C@H](O)OC(CO)[C@H]2O)C(O)[C@H](O)[C@@H]1O)[C@@H]3C. The number of nitrogens with zero attached hydrogens (tertiary/aromatic N) is 2. The highest BCUT2D eigenvalue weighted by Gasteiger charge is 2.50. The van der Waals surface area contributed by atoms with Crippen LogP contribution in [0.5, 0.6) is 0 Å². The molecule has 7 heterocycles. The van der Waals surface area contributed by atoms with E-state index < -0.39 is 111 Å². The number of allylic oxidation sites excluding steroid dienone is 1. The van der Waals surface area contributed by atoms with Crippen LogP contribution in [-0.2, 0) is 46.2 Å². The number of aliphatic hydroxyl groups excluding tert-OH is 7. The van der Waals surface area contributed by atoms with Crippen LogP contribution in [0.2, 0.25) is 0 Å². The highest BCUT2D eigenvalue weighted by Crippen LogP contribution is 2.44. The number of hydrogen-bond acceptors (Lipinski definition) is 16. The largest absolute Gasteiger partial charge is 0.481 e. The van der Waals surface area contributed by atoms with Gasteiger partial charge in [0.1, 0.15) is 55.4 Å². The van der Waals surface area contributed by atoms with Gasteiger partial charge in [-0.1, -0.05) is 26.5 Å². The molecule has 11 N–H and O–H groups in total. The lowest BCUT2D eigenvalue weighted by atomic mass is 9.84. The van der Waals surface area contributed by atoms with E-state index in [2.05, 4.69) is 16.5 Å². The van der Waals surface area contributed by atoms with E-state index in [0.29, 0.717) is 34.4 Å². The lowest BCUT2D eigenvalue weighted by Crippen LogP contribution is -2.64. The number of carbonyl (C=O) groups is 3. The van der Waals surface area contributed by atoms with Crippen molar-refractivity contribution < 1.29 is 79.3 Å². The Kier molecular flexibility index (Phi) is 14.3. The molecule has 0 amide bonds. The molecule has 12 atom stereocenters. The first-order valence-corrected chi connectivity index (χ1v) is 21.7. The molecule has 356 valence electrons. The fourth-order valence-electron chi connectivity index (χ4n) is 9.32. The number of esters is 1. The van der Waals surface area contributed by atoms with Gasteiger partial charge in [-0.2, -0.15) is 0 Å². The van der Waals surface area contributed by atoms with E-state index >= 15 is 0 Å². The van der Waals surface area contributed by atoms with Crippen LogP contribution < -0.4 is 0 Å². The van der Waals surface area contributed by atoms with Crippen LogP contribution in [0.15, 0.2) is 24.8 Å². The average Bonchev–Trinajstić information content (AvgIpc) is 3.96. The second-order valence-corrected chi connectivity index (χ2v) is 17.1. The zero-order valence-corrected chi connectivity index (χ0v) is 37.0. The van der Waals surface area contributed by atoms with Crippen molar-refractivity contribution in [2.75, 3.05) is 13.2 Å². The number of rotatable bonds is 13. The number of hydrogen-bond donors (Lipinski definition) is 11. The van der Waals surface area contributed by atoms with Crippen molar-refractivity contribution in [1.82, 2.24) is 19.9 Å². The summed E-state index contributed by atoms with van der Waals surface area (Å²) in [5, 5.41) is 93.7. The van der Waals surface area contributed by atoms with Crippen molar-refractivity contribution in [2.24, 2.45) is 0 Å². The average molecular weight is 921 g/mol. The van der Waals surface area contributed by atoms with E-state index in [9.17, 15) is 60.3 Å². The molecule has 4 aliphatic heterocycles. The van der Waals surface area contributed by atoms with Crippen molar-refractivity contribution >= 4 is 57.2 Å². The number of carboxylic acids is 2. The number of aryl methyl sites for hydroxylation is 3. The molecule has 7 rings (SSSR count). The zero-order chi connectivity index (χ0) is 48.0. The quantitative estimate of drug-likeness (QED) is 0.109. The van der Waals surface area contributed by atoms with Gasteiger partial charge in [0.2, 0.25) is 0 Å². The van der Waals surface area contributed by atoms with Crippen LogP contribution in [0.4, 0.5) is 0 Å². The van der Waals surface area contributed by atoms with Crippen molar-refractivity contribution in [2.45, 2.75) is 134 Å². The van der Waals surface area contributed by atoms with Crippen molar-refractivity contribution in [3.63, 3.8) is 0 Å². The Balaban J connectivity index is 1.24. The molecule has 3 aromatic rings. The molecule has 0 spiro atoms. The van der Waals surface area contributed by atoms with Crippen LogP contribution in [0.25, 0.3) is 39.3 Å². The highest BCUT2D eigenvalue weighted by atomic mass is 16.7. The summed E-state index contributed by atoms with van der Waals surface area (Å²) in [6, 6.07) is 5.57. The van der Waals surface area contributed by atoms with Crippen LogP contribution in [-0.4, -0.2) is 158 Å². The molecule has 2 saturated heterocycles. The zero-order valence-electron chi connectivity index (χ0n) is 37.0. The van der Waals surface area contributed by atoms with Gasteiger partial charge in [0, 0.05) is 57.1 Å². The molecule has 0 saturated carbocycles. The highest BCUT2D eigenvalue weighted by molar-refractivity contribution is 6.24. The smallest absolute Gasteiger partial charge is 0.338 e. The molecule has 3 aromatic heterocycles. The van der Waals surface area contributed by atoms with E-state index in [1.165, 1.54) is 0 Å². The van der Waals surface area contributed by atoms with Gasteiger partial charge in [0.15, 0.2) is 12.6 Å². The van der Waals surface area contributed by atoms with Gasteiger partial charge in [-0.15, -0.1) is 0 Å². The summed E-state index contributed by atoms with van der Waals surface area (Å²) in [5.41, 5.74) is 7.83. The summed E-state index contributed by atoms with van der Waals surface area (Å²) in [4.78, 5) is 56.0. The summed E-state index contributed by atoms with van der Waals surface area (Å²) in [5.74, 6) is -4.55. The number of carbonyl (C=O) groups excluding carboxylic acids is 1.